The zero-order valence-electron chi connectivity index (χ0n) is 12.3. The van der Waals surface area contributed by atoms with Crippen LogP contribution in [0.15, 0.2) is 24.4 Å². The number of halogens is 1. The molecule has 0 fully saturated rings. The second-order valence-corrected chi connectivity index (χ2v) is 4.84. The highest BCUT2D eigenvalue weighted by Gasteiger charge is 2.16. The average Bonchev–Trinajstić information content (AvgIpc) is 2.76. The summed E-state index contributed by atoms with van der Waals surface area (Å²) < 4.78 is 21.0. The van der Waals surface area contributed by atoms with E-state index in [4.69, 9.17) is 4.74 Å². The number of hydrogen-bond donors (Lipinski definition) is 1. The minimum absolute atomic E-state index is 0.147. The summed E-state index contributed by atoms with van der Waals surface area (Å²) in [7, 11) is 3.46. The van der Waals surface area contributed by atoms with Crippen molar-refractivity contribution in [3.05, 3.63) is 47.0 Å². The monoisotopic (exact) mass is 277 g/mol. The van der Waals surface area contributed by atoms with Gasteiger partial charge in [0.2, 0.25) is 0 Å². The fraction of sp³-hybridized carbons (Fsp3) is 0.400. The van der Waals surface area contributed by atoms with Gasteiger partial charge in [-0.05, 0) is 26.0 Å². The first-order valence-corrected chi connectivity index (χ1v) is 6.57. The summed E-state index contributed by atoms with van der Waals surface area (Å²) in [5, 5.41) is 7.51. The normalized spacial score (nSPS) is 12.4. The minimum Gasteiger partial charge on any atom is -0.496 e. The molecule has 1 heterocycles. The molecule has 1 atom stereocenters. The van der Waals surface area contributed by atoms with Crippen molar-refractivity contribution in [2.75, 3.05) is 7.11 Å². The number of ether oxygens (including phenoxy) is 1. The summed E-state index contributed by atoms with van der Waals surface area (Å²) >= 11 is 0. The number of nitrogens with zero attached hydrogens (tertiary/aromatic N) is 2. The lowest BCUT2D eigenvalue weighted by molar-refractivity contribution is 0.393. The quantitative estimate of drug-likeness (QED) is 0.913. The van der Waals surface area contributed by atoms with Crippen LogP contribution in [0.25, 0.3) is 0 Å². The zero-order valence-corrected chi connectivity index (χ0v) is 12.3. The van der Waals surface area contributed by atoms with E-state index in [1.54, 1.807) is 19.2 Å². The van der Waals surface area contributed by atoms with Crippen molar-refractivity contribution in [1.29, 1.82) is 0 Å². The van der Waals surface area contributed by atoms with E-state index in [1.807, 2.05) is 31.8 Å². The van der Waals surface area contributed by atoms with E-state index in [0.29, 0.717) is 17.9 Å². The fourth-order valence-electron chi connectivity index (χ4n) is 2.20. The van der Waals surface area contributed by atoms with Crippen LogP contribution in [0.3, 0.4) is 0 Å². The van der Waals surface area contributed by atoms with Gasteiger partial charge in [-0.1, -0.05) is 6.07 Å². The third kappa shape index (κ3) is 2.82. The third-order valence-corrected chi connectivity index (χ3v) is 3.60. The largest absolute Gasteiger partial charge is 0.496 e. The first-order chi connectivity index (χ1) is 9.54. The first-order valence-electron chi connectivity index (χ1n) is 6.57. The molecule has 4 nitrogen and oxygen atoms in total. The number of rotatable bonds is 5. The van der Waals surface area contributed by atoms with Crippen molar-refractivity contribution in [3.8, 4) is 5.75 Å². The predicted molar refractivity (Wildman–Crippen MR) is 76.2 cm³/mol. The molecule has 0 spiro atoms. The smallest absolute Gasteiger partial charge is 0.131 e. The van der Waals surface area contributed by atoms with Crippen molar-refractivity contribution in [1.82, 2.24) is 15.1 Å². The maximum atomic E-state index is 14.0. The molecule has 2 rings (SSSR count). The number of aromatic nitrogens is 2. The lowest BCUT2D eigenvalue weighted by Crippen LogP contribution is -2.20. The highest BCUT2D eigenvalue weighted by Crippen LogP contribution is 2.27. The Labute approximate surface area is 118 Å². The molecule has 1 unspecified atom stereocenters. The zero-order chi connectivity index (χ0) is 14.7. The number of aryl methyl sites for hydroxylation is 1. The van der Waals surface area contributed by atoms with Crippen LogP contribution in [0.2, 0.25) is 0 Å². The molecule has 0 radical (unpaired) electrons. The summed E-state index contributed by atoms with van der Waals surface area (Å²) in [6.45, 7) is 4.57. The van der Waals surface area contributed by atoms with Gasteiger partial charge < -0.3 is 10.1 Å². The molecule has 0 saturated carbocycles. The molecule has 0 aliphatic rings. The second kappa shape index (κ2) is 6.05. The van der Waals surface area contributed by atoms with Gasteiger partial charge in [-0.15, -0.1) is 0 Å². The van der Waals surface area contributed by atoms with Gasteiger partial charge >= 0.3 is 0 Å². The Bertz CT molecular complexity index is 595. The molecule has 0 bridgehead atoms. The Morgan fingerprint density at radius 1 is 1.45 bits per heavy atom. The second-order valence-electron chi connectivity index (χ2n) is 4.84. The Hall–Kier alpha value is -1.88. The van der Waals surface area contributed by atoms with E-state index in [2.05, 4.69) is 10.4 Å². The topological polar surface area (TPSA) is 39.1 Å². The molecule has 5 heteroatoms. The Balaban J connectivity index is 2.13. The molecular formula is C15H20FN3O. The van der Waals surface area contributed by atoms with E-state index in [1.165, 1.54) is 6.07 Å². The van der Waals surface area contributed by atoms with Gasteiger partial charge in [0.15, 0.2) is 0 Å². The van der Waals surface area contributed by atoms with Crippen molar-refractivity contribution < 1.29 is 9.13 Å². The molecule has 0 aliphatic heterocycles. The van der Waals surface area contributed by atoms with Crippen LogP contribution in [-0.4, -0.2) is 16.9 Å². The van der Waals surface area contributed by atoms with Crippen LogP contribution in [-0.2, 0) is 13.6 Å². The molecule has 20 heavy (non-hydrogen) atoms. The predicted octanol–water partition coefficient (Wildman–Crippen LogP) is 2.73. The molecule has 2 aromatic rings. The Morgan fingerprint density at radius 2 is 2.20 bits per heavy atom. The SMILES string of the molecule is COc1cccc(F)c1C(C)NCc1cnn(C)c1C. The number of hydrogen-bond acceptors (Lipinski definition) is 3. The minimum atomic E-state index is -0.257. The highest BCUT2D eigenvalue weighted by atomic mass is 19.1. The molecule has 1 N–H and O–H groups in total. The van der Waals surface area contributed by atoms with Crippen molar-refractivity contribution in [2.45, 2.75) is 26.4 Å². The van der Waals surface area contributed by atoms with E-state index in [0.717, 1.165) is 11.3 Å². The van der Waals surface area contributed by atoms with Gasteiger partial charge in [0.25, 0.3) is 0 Å². The van der Waals surface area contributed by atoms with Gasteiger partial charge in [0.1, 0.15) is 11.6 Å². The van der Waals surface area contributed by atoms with E-state index >= 15 is 0 Å². The molecular weight excluding hydrogens is 257 g/mol. The standard InChI is InChI=1S/C15H20FN3O/c1-10(15-13(16)6-5-7-14(15)20-4)17-8-12-9-18-19(3)11(12)2/h5-7,9-10,17H,8H2,1-4H3. The van der Waals surface area contributed by atoms with Crippen LogP contribution in [0, 0.1) is 12.7 Å². The first kappa shape index (κ1) is 14.5. The summed E-state index contributed by atoms with van der Waals surface area (Å²) in [5.41, 5.74) is 2.76. The molecule has 0 saturated heterocycles. The van der Waals surface area contributed by atoms with Crippen LogP contribution >= 0.6 is 0 Å². The maximum absolute atomic E-state index is 14.0. The molecule has 0 aliphatic carbocycles. The van der Waals surface area contributed by atoms with Crippen LogP contribution in [0.1, 0.15) is 29.8 Å². The van der Waals surface area contributed by atoms with Crippen molar-refractivity contribution in [2.24, 2.45) is 7.05 Å². The van der Waals surface area contributed by atoms with Gasteiger partial charge in [-0.25, -0.2) is 4.39 Å². The van der Waals surface area contributed by atoms with Gasteiger partial charge in [-0.3, -0.25) is 4.68 Å². The number of benzene rings is 1. The van der Waals surface area contributed by atoms with E-state index < -0.39 is 0 Å². The summed E-state index contributed by atoms with van der Waals surface area (Å²) in [4.78, 5) is 0. The molecule has 0 amide bonds. The number of methoxy groups -OCH3 is 1. The fourth-order valence-corrected chi connectivity index (χ4v) is 2.20. The Kier molecular flexibility index (Phi) is 4.39. The van der Waals surface area contributed by atoms with Gasteiger partial charge in [0, 0.05) is 36.5 Å². The van der Waals surface area contributed by atoms with Crippen LogP contribution in [0.5, 0.6) is 5.75 Å². The lowest BCUT2D eigenvalue weighted by atomic mass is 10.1. The van der Waals surface area contributed by atoms with E-state index in [-0.39, 0.29) is 11.9 Å². The van der Waals surface area contributed by atoms with Crippen LogP contribution in [0.4, 0.5) is 4.39 Å². The Morgan fingerprint density at radius 3 is 2.80 bits per heavy atom. The van der Waals surface area contributed by atoms with E-state index in [9.17, 15) is 4.39 Å². The van der Waals surface area contributed by atoms with Crippen molar-refractivity contribution >= 4 is 0 Å². The van der Waals surface area contributed by atoms with Gasteiger partial charge in [-0.2, -0.15) is 5.10 Å². The third-order valence-electron chi connectivity index (χ3n) is 3.60. The molecule has 1 aromatic carbocycles. The lowest BCUT2D eigenvalue weighted by Gasteiger charge is -2.18. The number of nitrogens with one attached hydrogen (secondary N) is 1. The summed E-state index contributed by atoms with van der Waals surface area (Å²) in [6, 6.07) is 4.72. The maximum Gasteiger partial charge on any atom is 0.131 e. The van der Waals surface area contributed by atoms with Crippen LogP contribution < -0.4 is 10.1 Å². The highest BCUT2D eigenvalue weighted by molar-refractivity contribution is 5.37. The van der Waals surface area contributed by atoms with Crippen molar-refractivity contribution in [3.63, 3.8) is 0 Å². The average molecular weight is 277 g/mol. The molecule has 1 aromatic heterocycles. The summed E-state index contributed by atoms with van der Waals surface area (Å²) in [6.07, 6.45) is 1.83. The molecule has 108 valence electrons. The summed E-state index contributed by atoms with van der Waals surface area (Å²) in [5.74, 6) is 0.306. The van der Waals surface area contributed by atoms with Gasteiger partial charge in [0.05, 0.1) is 13.3 Å².